The number of amides is 1. The highest BCUT2D eigenvalue weighted by Gasteiger charge is 2.39. The van der Waals surface area contributed by atoms with Gasteiger partial charge in [-0.3, -0.25) is 4.79 Å². The summed E-state index contributed by atoms with van der Waals surface area (Å²) < 4.78 is 12.9. The molecule has 0 aromatic heterocycles. The third-order valence-electron chi connectivity index (χ3n) is 3.70. The van der Waals surface area contributed by atoms with Gasteiger partial charge < -0.3 is 10.0 Å². The quantitative estimate of drug-likeness (QED) is 0.783. The van der Waals surface area contributed by atoms with Crippen molar-refractivity contribution in [1.29, 1.82) is 0 Å². The van der Waals surface area contributed by atoms with Gasteiger partial charge in [0.1, 0.15) is 11.9 Å². The maximum Gasteiger partial charge on any atom is 0.326 e. The van der Waals surface area contributed by atoms with Crippen molar-refractivity contribution in [3.05, 3.63) is 30.1 Å². The molecular weight excluding hydrogens is 305 g/mol. The third kappa shape index (κ3) is 4.22. The van der Waals surface area contributed by atoms with Crippen molar-refractivity contribution < 1.29 is 19.1 Å². The van der Waals surface area contributed by atoms with Gasteiger partial charge in [-0.25, -0.2) is 9.18 Å². The van der Waals surface area contributed by atoms with E-state index >= 15 is 0 Å². The largest absolute Gasteiger partial charge is 0.480 e. The van der Waals surface area contributed by atoms with Crippen molar-refractivity contribution >= 4 is 23.6 Å². The van der Waals surface area contributed by atoms with Crippen molar-refractivity contribution in [3.63, 3.8) is 0 Å². The van der Waals surface area contributed by atoms with Crippen molar-refractivity contribution in [1.82, 2.24) is 4.90 Å². The molecule has 6 heteroatoms. The molecule has 0 bridgehead atoms. The first-order valence-corrected chi connectivity index (χ1v) is 8.32. The summed E-state index contributed by atoms with van der Waals surface area (Å²) in [5, 5.41) is 9.16. The Morgan fingerprint density at radius 2 is 1.91 bits per heavy atom. The number of nitrogens with zero attached hydrogens (tertiary/aromatic N) is 1. The summed E-state index contributed by atoms with van der Waals surface area (Å²) in [6.07, 6.45) is 1.75. The van der Waals surface area contributed by atoms with E-state index in [-0.39, 0.29) is 23.7 Å². The number of carbonyl (C=O) groups excluding carboxylic acids is 1. The van der Waals surface area contributed by atoms with E-state index in [1.165, 1.54) is 28.8 Å². The number of aliphatic carboxylic acids is 1. The first-order chi connectivity index (χ1) is 10.4. The minimum atomic E-state index is -0.973. The Morgan fingerprint density at radius 3 is 2.41 bits per heavy atom. The number of hydrogen-bond donors (Lipinski definition) is 1. The summed E-state index contributed by atoms with van der Waals surface area (Å²) in [5.74, 6) is -1.12. The number of carboxylic acid groups (broad SMARTS) is 1. The first-order valence-electron chi connectivity index (χ1n) is 7.33. The van der Waals surface area contributed by atoms with Crippen LogP contribution in [-0.4, -0.2) is 39.7 Å². The third-order valence-corrected chi connectivity index (χ3v) is 4.98. The lowest BCUT2D eigenvalue weighted by molar-refractivity contribution is -0.151. The van der Waals surface area contributed by atoms with E-state index < -0.39 is 12.0 Å². The minimum absolute atomic E-state index is 0.0665. The van der Waals surface area contributed by atoms with Crippen LogP contribution in [0.5, 0.6) is 0 Å². The van der Waals surface area contributed by atoms with Crippen molar-refractivity contribution in [2.75, 3.05) is 5.75 Å². The smallest absolute Gasteiger partial charge is 0.326 e. The standard InChI is InChI=1S/C16H20FNO3S/c1-10(9-22-14-7-3-12(17)4-8-14)15(19)18(13-5-6-13)11(2)16(20)21/h3-4,7-8,10-11,13H,5-6,9H2,1-2H3,(H,20,21). The molecule has 0 radical (unpaired) electrons. The molecule has 1 amide bonds. The maximum absolute atomic E-state index is 12.9. The second kappa shape index (κ2) is 7.13. The summed E-state index contributed by atoms with van der Waals surface area (Å²) in [7, 11) is 0. The Hall–Kier alpha value is -1.56. The molecule has 1 fully saturated rings. The molecule has 1 N–H and O–H groups in total. The average Bonchev–Trinajstić information content (AvgIpc) is 3.31. The van der Waals surface area contributed by atoms with Crippen LogP contribution < -0.4 is 0 Å². The highest BCUT2D eigenvalue weighted by molar-refractivity contribution is 7.99. The molecule has 1 saturated carbocycles. The molecule has 2 rings (SSSR count). The van der Waals surface area contributed by atoms with Crippen LogP contribution in [0.25, 0.3) is 0 Å². The Balaban J connectivity index is 1.95. The van der Waals surface area contributed by atoms with E-state index in [0.717, 1.165) is 17.7 Å². The number of benzene rings is 1. The normalized spacial score (nSPS) is 16.9. The predicted molar refractivity (Wildman–Crippen MR) is 83.3 cm³/mol. The van der Waals surface area contributed by atoms with Gasteiger partial charge in [0.05, 0.1) is 0 Å². The van der Waals surface area contributed by atoms with Gasteiger partial charge in [0.2, 0.25) is 5.91 Å². The zero-order valence-electron chi connectivity index (χ0n) is 12.7. The van der Waals surface area contributed by atoms with E-state index in [1.807, 2.05) is 6.92 Å². The van der Waals surface area contributed by atoms with Crippen LogP contribution in [0.3, 0.4) is 0 Å². The topological polar surface area (TPSA) is 57.6 Å². The van der Waals surface area contributed by atoms with E-state index in [2.05, 4.69) is 0 Å². The van der Waals surface area contributed by atoms with Crippen LogP contribution in [0.1, 0.15) is 26.7 Å². The summed E-state index contributed by atoms with van der Waals surface area (Å²) in [6, 6.07) is 5.40. The Morgan fingerprint density at radius 1 is 1.32 bits per heavy atom. The number of carbonyl (C=O) groups is 2. The summed E-state index contributed by atoms with van der Waals surface area (Å²) in [6.45, 7) is 3.36. The number of halogens is 1. The van der Waals surface area contributed by atoms with Gasteiger partial charge in [0.15, 0.2) is 0 Å². The lowest BCUT2D eigenvalue weighted by atomic mass is 10.1. The molecule has 1 aromatic rings. The highest BCUT2D eigenvalue weighted by Crippen LogP contribution is 2.31. The van der Waals surface area contributed by atoms with Crippen LogP contribution in [0.4, 0.5) is 4.39 Å². The molecule has 4 nitrogen and oxygen atoms in total. The minimum Gasteiger partial charge on any atom is -0.480 e. The van der Waals surface area contributed by atoms with Crippen LogP contribution in [0, 0.1) is 11.7 Å². The number of carboxylic acids is 1. The van der Waals surface area contributed by atoms with E-state index in [9.17, 15) is 14.0 Å². The lowest BCUT2D eigenvalue weighted by Crippen LogP contribution is -2.47. The Labute approximate surface area is 133 Å². The molecule has 22 heavy (non-hydrogen) atoms. The first kappa shape index (κ1) is 16.8. The molecule has 2 unspecified atom stereocenters. The van der Waals surface area contributed by atoms with E-state index in [4.69, 9.17) is 5.11 Å². The Kier molecular flexibility index (Phi) is 5.45. The second-order valence-corrected chi connectivity index (χ2v) is 6.75. The van der Waals surface area contributed by atoms with Crippen LogP contribution in [0.2, 0.25) is 0 Å². The maximum atomic E-state index is 12.9. The summed E-state index contributed by atoms with van der Waals surface area (Å²) in [4.78, 5) is 26.1. The molecular formula is C16H20FNO3S. The van der Waals surface area contributed by atoms with Gasteiger partial charge in [0, 0.05) is 22.6 Å². The van der Waals surface area contributed by atoms with Crippen LogP contribution in [0.15, 0.2) is 29.2 Å². The van der Waals surface area contributed by atoms with Crippen LogP contribution >= 0.6 is 11.8 Å². The van der Waals surface area contributed by atoms with Gasteiger partial charge in [-0.15, -0.1) is 11.8 Å². The van der Waals surface area contributed by atoms with Gasteiger partial charge in [-0.05, 0) is 44.0 Å². The fourth-order valence-corrected chi connectivity index (χ4v) is 3.15. The fraction of sp³-hybridized carbons (Fsp3) is 0.500. The van der Waals surface area contributed by atoms with Gasteiger partial charge >= 0.3 is 5.97 Å². The monoisotopic (exact) mass is 325 g/mol. The highest BCUT2D eigenvalue weighted by atomic mass is 32.2. The number of rotatable bonds is 7. The zero-order chi connectivity index (χ0) is 16.3. The number of thioether (sulfide) groups is 1. The molecule has 0 saturated heterocycles. The molecule has 0 spiro atoms. The molecule has 1 aliphatic rings. The van der Waals surface area contributed by atoms with E-state index in [1.54, 1.807) is 19.1 Å². The van der Waals surface area contributed by atoms with Crippen molar-refractivity contribution in [2.45, 2.75) is 43.7 Å². The second-order valence-electron chi connectivity index (χ2n) is 5.66. The van der Waals surface area contributed by atoms with Crippen molar-refractivity contribution in [3.8, 4) is 0 Å². The molecule has 1 aromatic carbocycles. The van der Waals surface area contributed by atoms with Crippen molar-refractivity contribution in [2.24, 2.45) is 5.92 Å². The summed E-state index contributed by atoms with van der Waals surface area (Å²) in [5.41, 5.74) is 0. The SMILES string of the molecule is CC(CSc1ccc(F)cc1)C(=O)N(C1CC1)C(C)C(=O)O. The van der Waals surface area contributed by atoms with E-state index in [0.29, 0.717) is 5.75 Å². The Bertz CT molecular complexity index is 545. The van der Waals surface area contributed by atoms with Gasteiger partial charge in [-0.1, -0.05) is 6.92 Å². The zero-order valence-corrected chi connectivity index (χ0v) is 13.5. The number of hydrogen-bond acceptors (Lipinski definition) is 3. The molecule has 120 valence electrons. The van der Waals surface area contributed by atoms with Crippen LogP contribution in [-0.2, 0) is 9.59 Å². The predicted octanol–water partition coefficient (Wildman–Crippen LogP) is 3.02. The lowest BCUT2D eigenvalue weighted by Gasteiger charge is -2.29. The van der Waals surface area contributed by atoms with Gasteiger partial charge in [-0.2, -0.15) is 0 Å². The molecule has 2 atom stereocenters. The fourth-order valence-electron chi connectivity index (χ4n) is 2.24. The van der Waals surface area contributed by atoms with Gasteiger partial charge in [0.25, 0.3) is 0 Å². The average molecular weight is 325 g/mol. The molecule has 0 aliphatic heterocycles. The molecule has 0 heterocycles. The molecule has 1 aliphatic carbocycles. The summed E-state index contributed by atoms with van der Waals surface area (Å²) >= 11 is 1.47.